The van der Waals surface area contributed by atoms with E-state index in [1.807, 2.05) is 18.2 Å². The summed E-state index contributed by atoms with van der Waals surface area (Å²) in [4.78, 5) is 0. The Morgan fingerprint density at radius 1 is 0.710 bits per heavy atom. The van der Waals surface area contributed by atoms with E-state index in [9.17, 15) is 15.3 Å². The van der Waals surface area contributed by atoms with Crippen molar-refractivity contribution in [1.82, 2.24) is 0 Å². The maximum atomic E-state index is 16.6. The van der Waals surface area contributed by atoms with E-state index in [1.165, 1.54) is 0 Å². The number of hydrogen-bond acceptors (Lipinski definition) is 4. The van der Waals surface area contributed by atoms with Gasteiger partial charge in [0.2, 0.25) is 5.85 Å². The molecular formula is C26H27FO4. The number of aliphatic hydroxyl groups is 3. The molecule has 4 nitrogen and oxygen atoms in total. The minimum Gasteiger partial charge on any atom is -0.388 e. The van der Waals surface area contributed by atoms with Gasteiger partial charge in [0.25, 0.3) is 0 Å². The van der Waals surface area contributed by atoms with Gasteiger partial charge in [-0.1, -0.05) is 91.0 Å². The lowest BCUT2D eigenvalue weighted by Crippen LogP contribution is -2.77. The van der Waals surface area contributed by atoms with Crippen LogP contribution in [0.15, 0.2) is 91.0 Å². The second-order valence-electron chi connectivity index (χ2n) is 8.33. The van der Waals surface area contributed by atoms with E-state index in [0.717, 1.165) is 0 Å². The number of rotatable bonds is 6. The van der Waals surface area contributed by atoms with Crippen LogP contribution in [-0.2, 0) is 24.0 Å². The van der Waals surface area contributed by atoms with Crippen LogP contribution in [-0.4, -0.2) is 45.1 Å². The van der Waals surface area contributed by atoms with E-state index in [0.29, 0.717) is 16.7 Å². The molecule has 3 aromatic carbocycles. The molecule has 0 bridgehead atoms. The summed E-state index contributed by atoms with van der Waals surface area (Å²) in [5, 5.41) is 34.5. The van der Waals surface area contributed by atoms with Crippen LogP contribution in [0.25, 0.3) is 0 Å². The quantitative estimate of drug-likeness (QED) is 0.571. The van der Waals surface area contributed by atoms with Gasteiger partial charge in [0.15, 0.2) is 5.60 Å². The lowest BCUT2D eigenvalue weighted by atomic mass is 9.65. The number of ether oxygens (including phenoxy) is 1. The Hall–Kier alpha value is -2.57. The highest BCUT2D eigenvalue weighted by atomic mass is 19.2. The van der Waals surface area contributed by atoms with Crippen molar-refractivity contribution in [2.24, 2.45) is 0 Å². The van der Waals surface area contributed by atoms with Crippen molar-refractivity contribution in [2.45, 2.75) is 42.4 Å². The van der Waals surface area contributed by atoms with Gasteiger partial charge in [-0.25, -0.2) is 4.39 Å². The Kier molecular flexibility index (Phi) is 5.95. The summed E-state index contributed by atoms with van der Waals surface area (Å²) in [5.74, 6) is -2.62. The van der Waals surface area contributed by atoms with Gasteiger partial charge in [0, 0.05) is 19.3 Å². The highest BCUT2D eigenvalue weighted by Crippen LogP contribution is 2.48. The highest BCUT2D eigenvalue weighted by Gasteiger charge is 2.69. The fourth-order valence-electron chi connectivity index (χ4n) is 4.47. The van der Waals surface area contributed by atoms with Crippen LogP contribution in [0.4, 0.5) is 4.39 Å². The number of hydrogen-bond donors (Lipinski definition) is 3. The summed E-state index contributed by atoms with van der Waals surface area (Å²) in [5.41, 5.74) is -2.66. The van der Waals surface area contributed by atoms with Gasteiger partial charge in [0.05, 0.1) is 6.61 Å². The van der Waals surface area contributed by atoms with Crippen molar-refractivity contribution in [3.05, 3.63) is 108 Å². The molecule has 1 fully saturated rings. The molecule has 1 aliphatic heterocycles. The zero-order valence-corrected chi connectivity index (χ0v) is 17.2. The first-order valence-electron chi connectivity index (χ1n) is 10.4. The number of aliphatic hydroxyl groups excluding tert-OH is 1. The average Bonchev–Trinajstić information content (AvgIpc) is 2.78. The summed E-state index contributed by atoms with van der Waals surface area (Å²) in [6.45, 7) is -0.427. The summed E-state index contributed by atoms with van der Waals surface area (Å²) in [6, 6.07) is 26.8. The first-order chi connectivity index (χ1) is 14.9. The maximum Gasteiger partial charge on any atom is 0.245 e. The largest absolute Gasteiger partial charge is 0.388 e. The molecule has 3 aromatic rings. The minimum absolute atomic E-state index is 0.123. The molecule has 1 unspecified atom stereocenters. The number of benzene rings is 3. The standard InChI is InChI=1S/C26H27FO4/c27-26(18-22-14-8-3-9-15-22)25(30,17-21-12-6-2-7-13-21)24(29,23(28)19-31-26)16-20-10-4-1-5-11-20/h1-15,23,28-30H,16-19H2/t23-,24+,25-,26?/m1/s1. The van der Waals surface area contributed by atoms with Gasteiger partial charge in [-0.05, 0) is 16.7 Å². The van der Waals surface area contributed by atoms with Crippen molar-refractivity contribution >= 4 is 0 Å². The normalized spacial score (nSPS) is 30.8. The molecule has 0 aliphatic carbocycles. The molecule has 31 heavy (non-hydrogen) atoms. The minimum atomic E-state index is -2.62. The van der Waals surface area contributed by atoms with Crippen LogP contribution >= 0.6 is 0 Å². The van der Waals surface area contributed by atoms with Crippen LogP contribution in [0.1, 0.15) is 16.7 Å². The van der Waals surface area contributed by atoms with Gasteiger partial charge in [-0.15, -0.1) is 0 Å². The summed E-state index contributed by atoms with van der Waals surface area (Å²) >= 11 is 0. The van der Waals surface area contributed by atoms with E-state index in [4.69, 9.17) is 4.74 Å². The predicted octanol–water partition coefficient (Wildman–Crippen LogP) is 3.23. The molecule has 3 N–H and O–H groups in total. The number of alkyl halides is 1. The number of halogens is 1. The third-order valence-electron chi connectivity index (χ3n) is 6.25. The average molecular weight is 422 g/mol. The van der Waals surface area contributed by atoms with Crippen molar-refractivity contribution in [2.75, 3.05) is 6.61 Å². The lowest BCUT2D eigenvalue weighted by molar-refractivity contribution is -0.370. The molecule has 0 amide bonds. The Balaban J connectivity index is 1.80. The summed E-state index contributed by atoms with van der Waals surface area (Å²) < 4.78 is 22.1. The van der Waals surface area contributed by atoms with Gasteiger partial charge in [-0.2, -0.15) is 0 Å². The van der Waals surface area contributed by atoms with Gasteiger partial charge >= 0.3 is 0 Å². The van der Waals surface area contributed by atoms with E-state index in [-0.39, 0.29) is 19.3 Å². The van der Waals surface area contributed by atoms with Gasteiger partial charge in [-0.3, -0.25) is 0 Å². The van der Waals surface area contributed by atoms with Crippen molar-refractivity contribution < 1.29 is 24.4 Å². The van der Waals surface area contributed by atoms with Crippen molar-refractivity contribution in [3.8, 4) is 0 Å². The smallest absolute Gasteiger partial charge is 0.245 e. The molecule has 4 atom stereocenters. The van der Waals surface area contributed by atoms with E-state index in [2.05, 4.69) is 0 Å². The zero-order chi connectivity index (χ0) is 22.0. The third kappa shape index (κ3) is 4.02. The molecule has 4 rings (SSSR count). The second kappa shape index (κ2) is 8.52. The lowest BCUT2D eigenvalue weighted by Gasteiger charge is -2.56. The predicted molar refractivity (Wildman–Crippen MR) is 116 cm³/mol. The topological polar surface area (TPSA) is 69.9 Å². The highest BCUT2D eigenvalue weighted by molar-refractivity contribution is 5.30. The van der Waals surface area contributed by atoms with E-state index >= 15 is 4.39 Å². The molecule has 1 saturated heterocycles. The SMILES string of the molecule is O[C@@H]1COC(F)(Cc2ccccc2)[C@@](O)(Cc2ccccc2)[C@]1(O)Cc1ccccc1. The second-order valence-corrected chi connectivity index (χ2v) is 8.33. The van der Waals surface area contributed by atoms with Crippen molar-refractivity contribution in [3.63, 3.8) is 0 Å². The monoisotopic (exact) mass is 422 g/mol. The van der Waals surface area contributed by atoms with Crippen molar-refractivity contribution in [1.29, 1.82) is 0 Å². The van der Waals surface area contributed by atoms with E-state index in [1.54, 1.807) is 72.8 Å². The molecule has 1 aliphatic rings. The summed E-state index contributed by atoms with van der Waals surface area (Å²) in [6.07, 6.45) is -2.08. The Bertz CT molecular complexity index is 984. The fourth-order valence-corrected chi connectivity index (χ4v) is 4.47. The molecule has 0 aromatic heterocycles. The fraction of sp³-hybridized carbons (Fsp3) is 0.308. The molecule has 1 heterocycles. The molecular weight excluding hydrogens is 395 g/mol. The molecule has 0 spiro atoms. The van der Waals surface area contributed by atoms with Crippen LogP contribution in [0.3, 0.4) is 0 Å². The van der Waals surface area contributed by atoms with Crippen LogP contribution in [0.2, 0.25) is 0 Å². The Labute approximate surface area is 181 Å². The third-order valence-corrected chi connectivity index (χ3v) is 6.25. The Morgan fingerprint density at radius 2 is 1.13 bits per heavy atom. The molecule has 5 heteroatoms. The molecule has 0 radical (unpaired) electrons. The van der Waals surface area contributed by atoms with Gasteiger partial charge < -0.3 is 20.1 Å². The zero-order valence-electron chi connectivity index (χ0n) is 17.2. The molecule has 162 valence electrons. The Morgan fingerprint density at radius 3 is 1.61 bits per heavy atom. The van der Waals surface area contributed by atoms with Gasteiger partial charge in [0.1, 0.15) is 11.7 Å². The first-order valence-corrected chi connectivity index (χ1v) is 10.4. The molecule has 0 saturated carbocycles. The van der Waals surface area contributed by atoms with Crippen LogP contribution in [0, 0.1) is 0 Å². The van der Waals surface area contributed by atoms with Crippen LogP contribution in [0.5, 0.6) is 0 Å². The first kappa shape index (κ1) is 21.7. The summed E-state index contributed by atoms with van der Waals surface area (Å²) in [7, 11) is 0. The van der Waals surface area contributed by atoms with Crippen LogP contribution < -0.4 is 0 Å². The van der Waals surface area contributed by atoms with E-state index < -0.39 is 29.8 Å². The maximum absolute atomic E-state index is 16.6.